The number of hydrogen-bond donors (Lipinski definition) is 2. The average Bonchev–Trinajstić information content (AvgIpc) is 3.35. The number of carbonyl (C=O) groups excluding carboxylic acids is 1. The van der Waals surface area contributed by atoms with Crippen LogP contribution in [-0.2, 0) is 4.79 Å². The van der Waals surface area contributed by atoms with E-state index in [0.29, 0.717) is 0 Å². The quantitative estimate of drug-likeness (QED) is 0.317. The standard InChI is InChI=1S/C24H20N4OS2/c1-14-3-9-18-20(11-14)28-24(27-18)30-13-22(29)25-17-7-5-16(6-8-17)23-26-19-10-4-15(2)12-21(19)31-23/h3-12H,13H2,1-2H3,(H,25,29)(H,27,28). The molecule has 0 aliphatic heterocycles. The average molecular weight is 445 g/mol. The molecule has 154 valence electrons. The number of amides is 1. The van der Waals surface area contributed by atoms with Crippen LogP contribution in [0.2, 0.25) is 0 Å². The van der Waals surface area contributed by atoms with Crippen molar-refractivity contribution in [2.24, 2.45) is 0 Å². The predicted molar refractivity (Wildman–Crippen MR) is 130 cm³/mol. The molecule has 2 N–H and O–H groups in total. The van der Waals surface area contributed by atoms with E-state index in [1.54, 1.807) is 11.3 Å². The molecule has 5 aromatic rings. The van der Waals surface area contributed by atoms with Crippen LogP contribution in [0.25, 0.3) is 31.8 Å². The number of nitrogens with one attached hydrogen (secondary N) is 2. The van der Waals surface area contributed by atoms with Crippen molar-refractivity contribution in [3.63, 3.8) is 0 Å². The smallest absolute Gasteiger partial charge is 0.234 e. The second-order valence-electron chi connectivity index (χ2n) is 7.47. The largest absolute Gasteiger partial charge is 0.333 e. The molecule has 0 atom stereocenters. The van der Waals surface area contributed by atoms with Gasteiger partial charge in [-0.1, -0.05) is 23.9 Å². The van der Waals surface area contributed by atoms with Crippen molar-refractivity contribution >= 4 is 55.9 Å². The van der Waals surface area contributed by atoms with Gasteiger partial charge in [0.25, 0.3) is 0 Å². The highest BCUT2D eigenvalue weighted by atomic mass is 32.2. The molecule has 3 aromatic carbocycles. The molecule has 0 bridgehead atoms. The van der Waals surface area contributed by atoms with Gasteiger partial charge in [0.05, 0.1) is 27.0 Å². The second kappa shape index (κ2) is 8.17. The van der Waals surface area contributed by atoms with Crippen LogP contribution in [0.15, 0.2) is 65.8 Å². The van der Waals surface area contributed by atoms with Gasteiger partial charge in [0, 0.05) is 11.3 Å². The van der Waals surface area contributed by atoms with Gasteiger partial charge in [0.2, 0.25) is 5.91 Å². The lowest BCUT2D eigenvalue weighted by Crippen LogP contribution is -2.14. The van der Waals surface area contributed by atoms with E-state index in [9.17, 15) is 4.79 Å². The Morgan fingerprint density at radius 2 is 1.71 bits per heavy atom. The Balaban J connectivity index is 1.22. The molecule has 5 rings (SSSR count). The van der Waals surface area contributed by atoms with E-state index >= 15 is 0 Å². The number of H-pyrrole nitrogens is 1. The van der Waals surface area contributed by atoms with Crippen LogP contribution in [-0.4, -0.2) is 26.6 Å². The van der Waals surface area contributed by atoms with E-state index in [2.05, 4.69) is 46.5 Å². The van der Waals surface area contributed by atoms with E-state index in [0.717, 1.165) is 38.0 Å². The fourth-order valence-corrected chi connectivity index (χ4v) is 5.11. The summed E-state index contributed by atoms with van der Waals surface area (Å²) in [5, 5.41) is 4.68. The van der Waals surface area contributed by atoms with Gasteiger partial charge >= 0.3 is 0 Å². The predicted octanol–water partition coefficient (Wildman–Crippen LogP) is 6.19. The summed E-state index contributed by atoms with van der Waals surface area (Å²) in [7, 11) is 0. The topological polar surface area (TPSA) is 70.7 Å². The summed E-state index contributed by atoms with van der Waals surface area (Å²) in [5.74, 6) is 0.225. The first-order valence-corrected chi connectivity index (χ1v) is 11.7. The SMILES string of the molecule is Cc1ccc2nc(SCC(=O)Nc3ccc(-c4nc5ccc(C)cc5s4)cc3)[nH]c2c1. The minimum atomic E-state index is -0.0650. The molecule has 0 saturated heterocycles. The third-order valence-electron chi connectivity index (χ3n) is 4.92. The molecule has 1 amide bonds. The van der Waals surface area contributed by atoms with Crippen molar-refractivity contribution in [2.75, 3.05) is 11.1 Å². The molecule has 0 fully saturated rings. The number of rotatable bonds is 5. The van der Waals surface area contributed by atoms with Gasteiger partial charge in [-0.2, -0.15) is 0 Å². The molecular formula is C24H20N4OS2. The van der Waals surface area contributed by atoms with Crippen LogP contribution in [0.3, 0.4) is 0 Å². The van der Waals surface area contributed by atoms with E-state index in [-0.39, 0.29) is 11.7 Å². The number of thioether (sulfide) groups is 1. The Morgan fingerprint density at radius 3 is 2.52 bits per heavy atom. The molecule has 0 spiro atoms. The number of nitrogens with zero attached hydrogens (tertiary/aromatic N) is 2. The Bertz CT molecular complexity index is 1400. The number of hydrogen-bond acceptors (Lipinski definition) is 5. The van der Waals surface area contributed by atoms with Crippen LogP contribution in [0.5, 0.6) is 0 Å². The Hall–Kier alpha value is -3.16. The second-order valence-corrected chi connectivity index (χ2v) is 9.46. The number of anilines is 1. The monoisotopic (exact) mass is 444 g/mol. The zero-order chi connectivity index (χ0) is 21.4. The zero-order valence-electron chi connectivity index (χ0n) is 17.1. The molecule has 0 unspecified atom stereocenters. The number of aryl methyl sites for hydroxylation is 2. The first kappa shape index (κ1) is 19.8. The summed E-state index contributed by atoms with van der Waals surface area (Å²) >= 11 is 3.08. The highest BCUT2D eigenvalue weighted by Gasteiger charge is 2.10. The minimum Gasteiger partial charge on any atom is -0.333 e. The van der Waals surface area contributed by atoms with E-state index in [1.165, 1.54) is 27.6 Å². The number of aromatic nitrogens is 3. The molecule has 5 nitrogen and oxygen atoms in total. The fourth-order valence-electron chi connectivity index (χ4n) is 3.35. The number of carbonyl (C=O) groups is 1. The van der Waals surface area contributed by atoms with Gasteiger partial charge in [-0.15, -0.1) is 11.3 Å². The maximum Gasteiger partial charge on any atom is 0.234 e. The normalized spacial score (nSPS) is 11.3. The number of benzene rings is 3. The molecule has 2 heterocycles. The lowest BCUT2D eigenvalue weighted by Gasteiger charge is -2.05. The molecule has 7 heteroatoms. The van der Waals surface area contributed by atoms with Crippen molar-refractivity contribution in [3.05, 3.63) is 71.8 Å². The Morgan fingerprint density at radius 1 is 0.968 bits per heavy atom. The maximum absolute atomic E-state index is 12.4. The Labute approximate surface area is 187 Å². The van der Waals surface area contributed by atoms with Crippen LogP contribution < -0.4 is 5.32 Å². The van der Waals surface area contributed by atoms with Gasteiger partial charge in [0.1, 0.15) is 5.01 Å². The van der Waals surface area contributed by atoms with Crippen LogP contribution in [0, 0.1) is 13.8 Å². The Kier molecular flexibility index (Phi) is 5.21. The van der Waals surface area contributed by atoms with E-state index in [4.69, 9.17) is 4.98 Å². The lowest BCUT2D eigenvalue weighted by atomic mass is 10.2. The van der Waals surface area contributed by atoms with Crippen molar-refractivity contribution in [2.45, 2.75) is 19.0 Å². The van der Waals surface area contributed by atoms with Gasteiger partial charge < -0.3 is 10.3 Å². The highest BCUT2D eigenvalue weighted by Crippen LogP contribution is 2.31. The molecule has 31 heavy (non-hydrogen) atoms. The van der Waals surface area contributed by atoms with Crippen LogP contribution >= 0.6 is 23.1 Å². The molecule has 0 aliphatic rings. The van der Waals surface area contributed by atoms with Crippen molar-refractivity contribution in [1.29, 1.82) is 0 Å². The molecule has 0 radical (unpaired) electrons. The van der Waals surface area contributed by atoms with Gasteiger partial charge in [0.15, 0.2) is 5.16 Å². The van der Waals surface area contributed by atoms with E-state index < -0.39 is 0 Å². The minimum absolute atomic E-state index is 0.0650. The van der Waals surface area contributed by atoms with E-state index in [1.807, 2.05) is 43.3 Å². The number of fused-ring (bicyclic) bond motifs is 2. The summed E-state index contributed by atoms with van der Waals surface area (Å²) < 4.78 is 1.19. The molecular weight excluding hydrogens is 424 g/mol. The number of imidazole rings is 1. The zero-order valence-corrected chi connectivity index (χ0v) is 18.7. The fraction of sp³-hybridized carbons (Fsp3) is 0.125. The third kappa shape index (κ3) is 4.33. The van der Waals surface area contributed by atoms with Gasteiger partial charge in [-0.05, 0) is 73.5 Å². The van der Waals surface area contributed by atoms with Crippen molar-refractivity contribution in [1.82, 2.24) is 15.0 Å². The maximum atomic E-state index is 12.4. The van der Waals surface area contributed by atoms with Crippen molar-refractivity contribution < 1.29 is 4.79 Å². The summed E-state index contributed by atoms with van der Waals surface area (Å²) in [6.07, 6.45) is 0. The number of thiazole rings is 1. The molecule has 0 aliphatic carbocycles. The van der Waals surface area contributed by atoms with Crippen LogP contribution in [0.1, 0.15) is 11.1 Å². The summed E-state index contributed by atoms with van der Waals surface area (Å²) in [6.45, 7) is 4.13. The van der Waals surface area contributed by atoms with Crippen molar-refractivity contribution in [3.8, 4) is 10.6 Å². The first-order chi connectivity index (χ1) is 15.0. The summed E-state index contributed by atoms with van der Waals surface area (Å²) in [5.41, 5.74) is 7.14. The molecule has 0 saturated carbocycles. The lowest BCUT2D eigenvalue weighted by molar-refractivity contribution is -0.113. The first-order valence-electron chi connectivity index (χ1n) is 9.90. The third-order valence-corrected chi connectivity index (χ3v) is 6.86. The summed E-state index contributed by atoms with van der Waals surface area (Å²) in [4.78, 5) is 24.9. The molecule has 2 aromatic heterocycles. The van der Waals surface area contributed by atoms with Gasteiger partial charge in [-0.25, -0.2) is 9.97 Å². The van der Waals surface area contributed by atoms with Crippen LogP contribution in [0.4, 0.5) is 5.69 Å². The van der Waals surface area contributed by atoms with Gasteiger partial charge in [-0.3, -0.25) is 4.79 Å². The summed E-state index contributed by atoms with van der Waals surface area (Å²) in [6, 6.07) is 20.2. The highest BCUT2D eigenvalue weighted by molar-refractivity contribution is 7.99. The number of aromatic amines is 1.